The second-order valence-corrected chi connectivity index (χ2v) is 3.86. The molecule has 1 N–H and O–H groups in total. The minimum absolute atomic E-state index is 0.283. The fourth-order valence-electron chi connectivity index (χ4n) is 1.32. The molecule has 0 saturated heterocycles. The smallest absolute Gasteiger partial charge is 0.166 e. The maximum Gasteiger partial charge on any atom is 0.166 e. The van der Waals surface area contributed by atoms with Crippen molar-refractivity contribution in [2.45, 2.75) is 26.7 Å². The van der Waals surface area contributed by atoms with E-state index in [0.717, 1.165) is 24.0 Å². The second-order valence-electron chi connectivity index (χ2n) is 3.07. The number of phenolic OH excluding ortho intramolecular Hbond substituents is 1. The van der Waals surface area contributed by atoms with Gasteiger partial charge >= 0.3 is 0 Å². The molecule has 1 nitrogen and oxygen atoms in total. The van der Waals surface area contributed by atoms with Gasteiger partial charge in [-0.25, -0.2) is 4.39 Å². The van der Waals surface area contributed by atoms with Gasteiger partial charge in [-0.15, -0.1) is 0 Å². The Labute approximate surface area is 85.7 Å². The lowest BCUT2D eigenvalue weighted by Crippen LogP contribution is -1.93. The van der Waals surface area contributed by atoms with Crippen molar-refractivity contribution in [3.63, 3.8) is 0 Å². The van der Waals surface area contributed by atoms with E-state index in [-0.39, 0.29) is 5.75 Å². The van der Waals surface area contributed by atoms with E-state index in [1.54, 1.807) is 0 Å². The fourth-order valence-corrected chi connectivity index (χ4v) is 2.02. The van der Waals surface area contributed by atoms with Crippen molar-refractivity contribution in [1.82, 2.24) is 0 Å². The van der Waals surface area contributed by atoms with Crippen LogP contribution >= 0.6 is 15.9 Å². The first-order valence-corrected chi connectivity index (χ1v) is 5.03. The van der Waals surface area contributed by atoms with Crippen LogP contribution in [0, 0.1) is 12.7 Å². The summed E-state index contributed by atoms with van der Waals surface area (Å²) in [5.74, 6) is -0.849. The number of hydrogen-bond donors (Lipinski definition) is 1. The van der Waals surface area contributed by atoms with Gasteiger partial charge in [0.2, 0.25) is 0 Å². The highest BCUT2D eigenvalue weighted by Gasteiger charge is 2.12. The second kappa shape index (κ2) is 4.09. The third-order valence-electron chi connectivity index (χ3n) is 2.02. The highest BCUT2D eigenvalue weighted by atomic mass is 79.9. The lowest BCUT2D eigenvalue weighted by molar-refractivity contribution is 0.427. The lowest BCUT2D eigenvalue weighted by atomic mass is 10.0. The Morgan fingerprint density at radius 3 is 2.69 bits per heavy atom. The van der Waals surface area contributed by atoms with E-state index in [0.29, 0.717) is 4.47 Å². The zero-order valence-corrected chi connectivity index (χ0v) is 9.28. The standard InChI is InChI=1S/C10H12BrFO/c1-3-4-7-6(2)5-8(12)10(13)9(7)11/h5,13H,3-4H2,1-2H3. The molecule has 0 atom stereocenters. The molecule has 1 aromatic carbocycles. The largest absolute Gasteiger partial charge is 0.504 e. The van der Waals surface area contributed by atoms with Gasteiger partial charge in [0.15, 0.2) is 11.6 Å². The van der Waals surface area contributed by atoms with Gasteiger partial charge in [-0.3, -0.25) is 0 Å². The molecule has 0 radical (unpaired) electrons. The molecule has 3 heteroatoms. The fraction of sp³-hybridized carbons (Fsp3) is 0.400. The summed E-state index contributed by atoms with van der Waals surface area (Å²) in [4.78, 5) is 0. The van der Waals surface area contributed by atoms with Gasteiger partial charge in [0.25, 0.3) is 0 Å². The molecule has 72 valence electrons. The summed E-state index contributed by atoms with van der Waals surface area (Å²) >= 11 is 3.19. The Kier molecular flexibility index (Phi) is 3.31. The molecule has 0 aromatic heterocycles. The van der Waals surface area contributed by atoms with Crippen LogP contribution in [-0.4, -0.2) is 5.11 Å². The molecule has 0 unspecified atom stereocenters. The Morgan fingerprint density at radius 2 is 2.15 bits per heavy atom. The van der Waals surface area contributed by atoms with Gasteiger partial charge in [-0.1, -0.05) is 13.3 Å². The third kappa shape index (κ3) is 2.02. The lowest BCUT2D eigenvalue weighted by Gasteiger charge is -2.09. The van der Waals surface area contributed by atoms with Gasteiger partial charge in [-0.05, 0) is 46.5 Å². The van der Waals surface area contributed by atoms with E-state index >= 15 is 0 Å². The van der Waals surface area contributed by atoms with Crippen molar-refractivity contribution < 1.29 is 9.50 Å². The van der Waals surface area contributed by atoms with Crippen LogP contribution in [0.3, 0.4) is 0 Å². The number of rotatable bonds is 2. The summed E-state index contributed by atoms with van der Waals surface area (Å²) in [6, 6.07) is 1.37. The highest BCUT2D eigenvalue weighted by Crippen LogP contribution is 2.33. The van der Waals surface area contributed by atoms with Crippen molar-refractivity contribution in [2.75, 3.05) is 0 Å². The van der Waals surface area contributed by atoms with Crippen LogP contribution in [0.1, 0.15) is 24.5 Å². The average Bonchev–Trinajstić information content (AvgIpc) is 2.09. The van der Waals surface area contributed by atoms with Crippen LogP contribution in [0.15, 0.2) is 10.5 Å². The minimum Gasteiger partial charge on any atom is -0.504 e. The molecule has 0 bridgehead atoms. The maximum atomic E-state index is 13.0. The van der Waals surface area contributed by atoms with Crippen molar-refractivity contribution in [1.29, 1.82) is 0 Å². The van der Waals surface area contributed by atoms with Crippen LogP contribution in [-0.2, 0) is 6.42 Å². The summed E-state index contributed by atoms with van der Waals surface area (Å²) < 4.78 is 13.5. The van der Waals surface area contributed by atoms with Crippen molar-refractivity contribution in [3.05, 3.63) is 27.5 Å². The molecule has 1 rings (SSSR count). The molecule has 0 spiro atoms. The Bertz CT molecular complexity index is 323. The van der Waals surface area contributed by atoms with E-state index in [2.05, 4.69) is 15.9 Å². The number of hydrogen-bond acceptors (Lipinski definition) is 1. The van der Waals surface area contributed by atoms with Crippen LogP contribution in [0.5, 0.6) is 5.75 Å². The van der Waals surface area contributed by atoms with Gasteiger partial charge in [0.1, 0.15) is 0 Å². The third-order valence-corrected chi connectivity index (χ3v) is 2.87. The van der Waals surface area contributed by atoms with Gasteiger partial charge in [-0.2, -0.15) is 0 Å². The molecule has 13 heavy (non-hydrogen) atoms. The molecular weight excluding hydrogens is 235 g/mol. The molecule has 0 aliphatic rings. The number of benzene rings is 1. The summed E-state index contributed by atoms with van der Waals surface area (Å²) in [6.45, 7) is 3.89. The minimum atomic E-state index is -0.566. The number of phenols is 1. The average molecular weight is 247 g/mol. The van der Waals surface area contributed by atoms with E-state index in [1.165, 1.54) is 6.07 Å². The van der Waals surface area contributed by atoms with Crippen LogP contribution < -0.4 is 0 Å². The summed E-state index contributed by atoms with van der Waals surface area (Å²) in [7, 11) is 0. The van der Waals surface area contributed by atoms with Crippen LogP contribution in [0.2, 0.25) is 0 Å². The number of aromatic hydroxyl groups is 1. The van der Waals surface area contributed by atoms with Gasteiger partial charge in [0.05, 0.1) is 4.47 Å². The van der Waals surface area contributed by atoms with Gasteiger partial charge < -0.3 is 5.11 Å². The number of halogens is 2. The zero-order valence-electron chi connectivity index (χ0n) is 7.69. The molecule has 0 heterocycles. The molecule has 1 aromatic rings. The first kappa shape index (κ1) is 10.5. The Balaban J connectivity index is 3.26. The van der Waals surface area contributed by atoms with Crippen LogP contribution in [0.25, 0.3) is 0 Å². The molecular formula is C10H12BrFO. The highest BCUT2D eigenvalue weighted by molar-refractivity contribution is 9.10. The van der Waals surface area contributed by atoms with Crippen molar-refractivity contribution >= 4 is 15.9 Å². The molecule has 0 saturated carbocycles. The summed E-state index contributed by atoms with van der Waals surface area (Å²) in [6.07, 6.45) is 1.82. The maximum absolute atomic E-state index is 13.0. The van der Waals surface area contributed by atoms with Crippen molar-refractivity contribution in [2.24, 2.45) is 0 Å². The van der Waals surface area contributed by atoms with Crippen LogP contribution in [0.4, 0.5) is 4.39 Å². The summed E-state index contributed by atoms with van der Waals surface area (Å²) in [5.41, 5.74) is 1.87. The van der Waals surface area contributed by atoms with Gasteiger partial charge in [0, 0.05) is 0 Å². The first-order chi connectivity index (χ1) is 6.07. The molecule has 0 amide bonds. The zero-order chi connectivity index (χ0) is 10.0. The van der Waals surface area contributed by atoms with E-state index in [9.17, 15) is 9.50 Å². The molecule has 0 aliphatic heterocycles. The molecule has 0 fully saturated rings. The van der Waals surface area contributed by atoms with Crippen molar-refractivity contribution in [3.8, 4) is 5.75 Å². The van der Waals surface area contributed by atoms with E-state index in [4.69, 9.17) is 0 Å². The normalized spacial score (nSPS) is 10.5. The monoisotopic (exact) mass is 246 g/mol. The predicted octanol–water partition coefficient (Wildman–Crippen LogP) is 3.55. The first-order valence-electron chi connectivity index (χ1n) is 4.24. The Hall–Kier alpha value is -0.570. The summed E-state index contributed by atoms with van der Waals surface area (Å²) in [5, 5.41) is 9.32. The Morgan fingerprint density at radius 1 is 1.54 bits per heavy atom. The SMILES string of the molecule is CCCc1c(C)cc(F)c(O)c1Br. The quantitative estimate of drug-likeness (QED) is 0.847. The number of aryl methyl sites for hydroxylation is 1. The topological polar surface area (TPSA) is 20.2 Å². The van der Waals surface area contributed by atoms with E-state index in [1.807, 2.05) is 13.8 Å². The van der Waals surface area contributed by atoms with E-state index < -0.39 is 5.82 Å². The molecule has 0 aliphatic carbocycles. The predicted molar refractivity (Wildman–Crippen MR) is 54.5 cm³/mol.